The molecule has 0 radical (unpaired) electrons. The van der Waals surface area contributed by atoms with Gasteiger partial charge in [-0.2, -0.15) is 0 Å². The van der Waals surface area contributed by atoms with Crippen molar-refractivity contribution in [3.63, 3.8) is 0 Å². The van der Waals surface area contributed by atoms with Gasteiger partial charge in [-0.1, -0.05) is 12.8 Å². The summed E-state index contributed by atoms with van der Waals surface area (Å²) in [6.07, 6.45) is 3.44. The summed E-state index contributed by atoms with van der Waals surface area (Å²) in [6, 6.07) is 0.369. The molecular weight excluding hydrogens is 150 g/mol. The number of carbonyl (C=O) groups is 1. The van der Waals surface area contributed by atoms with Gasteiger partial charge in [0, 0.05) is 6.04 Å². The molecule has 1 aliphatic carbocycles. The summed E-state index contributed by atoms with van der Waals surface area (Å²) in [5.41, 5.74) is 0. The molecule has 12 heavy (non-hydrogen) atoms. The molecule has 2 nitrogen and oxygen atoms in total. The molecule has 2 unspecified atom stereocenters. The lowest BCUT2D eigenvalue weighted by Gasteiger charge is -2.08. The molecular formula is C10H15NO. The molecule has 0 aromatic heterocycles. The molecule has 0 spiro atoms. The fourth-order valence-electron chi connectivity index (χ4n) is 1.67. The van der Waals surface area contributed by atoms with Gasteiger partial charge in [-0.25, -0.2) is 0 Å². The molecule has 1 rings (SSSR count). The summed E-state index contributed by atoms with van der Waals surface area (Å²) in [5.74, 6) is 5.70. The monoisotopic (exact) mass is 165 g/mol. The van der Waals surface area contributed by atoms with Crippen LogP contribution < -0.4 is 5.32 Å². The molecule has 0 aliphatic heterocycles. The van der Waals surface area contributed by atoms with Crippen molar-refractivity contribution in [1.82, 2.24) is 5.32 Å². The van der Waals surface area contributed by atoms with E-state index in [2.05, 4.69) is 24.1 Å². The van der Waals surface area contributed by atoms with E-state index < -0.39 is 0 Å². The third kappa shape index (κ3) is 2.58. The summed E-state index contributed by atoms with van der Waals surface area (Å²) < 4.78 is 0. The van der Waals surface area contributed by atoms with Crippen molar-refractivity contribution >= 4 is 5.91 Å². The first-order valence-electron chi connectivity index (χ1n) is 4.45. The second-order valence-corrected chi connectivity index (χ2v) is 3.46. The van der Waals surface area contributed by atoms with E-state index in [0.717, 1.165) is 18.8 Å². The SMILES string of the molecule is CC#CC(=O)NC1CCC(C)C1. The standard InChI is InChI=1S/C10H15NO/c1-3-4-10(12)11-9-6-5-8(2)7-9/h8-9H,5-7H2,1-2H3,(H,11,12). The minimum Gasteiger partial charge on any atom is -0.343 e. The van der Waals surface area contributed by atoms with Crippen LogP contribution >= 0.6 is 0 Å². The largest absolute Gasteiger partial charge is 0.343 e. The van der Waals surface area contributed by atoms with E-state index >= 15 is 0 Å². The predicted molar refractivity (Wildman–Crippen MR) is 48.4 cm³/mol. The fourth-order valence-corrected chi connectivity index (χ4v) is 1.67. The first kappa shape index (κ1) is 9.12. The second kappa shape index (κ2) is 4.15. The normalized spacial score (nSPS) is 27.5. The van der Waals surface area contributed by atoms with Gasteiger partial charge in [0.15, 0.2) is 0 Å². The van der Waals surface area contributed by atoms with Gasteiger partial charge in [-0.05, 0) is 38.0 Å². The topological polar surface area (TPSA) is 29.1 Å². The van der Waals surface area contributed by atoms with Gasteiger partial charge in [0.2, 0.25) is 0 Å². The number of rotatable bonds is 1. The van der Waals surface area contributed by atoms with Gasteiger partial charge in [0.25, 0.3) is 5.91 Å². The zero-order chi connectivity index (χ0) is 8.97. The van der Waals surface area contributed by atoms with Crippen LogP contribution in [0.3, 0.4) is 0 Å². The number of nitrogens with one attached hydrogen (secondary N) is 1. The lowest BCUT2D eigenvalue weighted by atomic mass is 10.1. The maximum absolute atomic E-state index is 11.0. The van der Waals surface area contributed by atoms with Crippen molar-refractivity contribution in [2.75, 3.05) is 0 Å². The number of hydrogen-bond donors (Lipinski definition) is 1. The number of carbonyl (C=O) groups excluding carboxylic acids is 1. The van der Waals surface area contributed by atoms with Crippen LogP contribution in [0.5, 0.6) is 0 Å². The Labute approximate surface area is 73.7 Å². The molecule has 1 fully saturated rings. The van der Waals surface area contributed by atoms with Gasteiger partial charge in [0.1, 0.15) is 0 Å². The molecule has 0 heterocycles. The highest BCUT2D eigenvalue weighted by atomic mass is 16.1. The van der Waals surface area contributed by atoms with Crippen LogP contribution in [0.1, 0.15) is 33.1 Å². The van der Waals surface area contributed by atoms with Crippen LogP contribution in [0, 0.1) is 17.8 Å². The quantitative estimate of drug-likeness (QED) is 0.583. The van der Waals surface area contributed by atoms with Crippen LogP contribution in [0.2, 0.25) is 0 Å². The Balaban J connectivity index is 2.31. The van der Waals surface area contributed by atoms with E-state index in [1.165, 1.54) is 6.42 Å². The van der Waals surface area contributed by atoms with E-state index in [4.69, 9.17) is 0 Å². The molecule has 0 bridgehead atoms. The van der Waals surface area contributed by atoms with Crippen LogP contribution in [-0.4, -0.2) is 11.9 Å². The van der Waals surface area contributed by atoms with E-state index in [1.54, 1.807) is 6.92 Å². The first-order valence-corrected chi connectivity index (χ1v) is 4.45. The number of amides is 1. The van der Waals surface area contributed by atoms with Crippen molar-refractivity contribution in [3.8, 4) is 11.8 Å². The fraction of sp³-hybridized carbons (Fsp3) is 0.700. The van der Waals surface area contributed by atoms with E-state index in [9.17, 15) is 4.79 Å². The highest BCUT2D eigenvalue weighted by Gasteiger charge is 2.21. The number of hydrogen-bond acceptors (Lipinski definition) is 1. The predicted octanol–water partition coefficient (Wildman–Crippen LogP) is 1.31. The van der Waals surface area contributed by atoms with Crippen molar-refractivity contribution in [2.24, 2.45) is 5.92 Å². The Bertz CT molecular complexity index is 224. The second-order valence-electron chi connectivity index (χ2n) is 3.46. The Morgan fingerprint density at radius 3 is 2.75 bits per heavy atom. The Morgan fingerprint density at radius 1 is 1.50 bits per heavy atom. The van der Waals surface area contributed by atoms with Gasteiger partial charge in [0.05, 0.1) is 0 Å². The molecule has 66 valence electrons. The molecule has 1 saturated carbocycles. The van der Waals surface area contributed by atoms with Crippen molar-refractivity contribution in [3.05, 3.63) is 0 Å². The Morgan fingerprint density at radius 2 is 2.25 bits per heavy atom. The minimum atomic E-state index is -0.128. The maximum Gasteiger partial charge on any atom is 0.296 e. The molecule has 0 aromatic rings. The van der Waals surface area contributed by atoms with Gasteiger partial charge in [-0.3, -0.25) is 4.79 Å². The van der Waals surface area contributed by atoms with Gasteiger partial charge in [-0.15, -0.1) is 0 Å². The zero-order valence-electron chi connectivity index (χ0n) is 7.68. The average Bonchev–Trinajstić information content (AvgIpc) is 2.36. The van der Waals surface area contributed by atoms with Crippen LogP contribution in [0.15, 0.2) is 0 Å². The first-order chi connectivity index (χ1) is 5.72. The van der Waals surface area contributed by atoms with Gasteiger partial charge >= 0.3 is 0 Å². The molecule has 1 amide bonds. The molecule has 2 atom stereocenters. The van der Waals surface area contributed by atoms with Crippen LogP contribution in [-0.2, 0) is 4.79 Å². The van der Waals surface area contributed by atoms with Crippen LogP contribution in [0.4, 0.5) is 0 Å². The zero-order valence-corrected chi connectivity index (χ0v) is 7.68. The van der Waals surface area contributed by atoms with Crippen LogP contribution in [0.25, 0.3) is 0 Å². The van der Waals surface area contributed by atoms with Crippen molar-refractivity contribution < 1.29 is 4.79 Å². The minimum absolute atomic E-state index is 0.128. The summed E-state index contributed by atoms with van der Waals surface area (Å²) >= 11 is 0. The maximum atomic E-state index is 11.0. The third-order valence-electron chi connectivity index (χ3n) is 2.27. The van der Waals surface area contributed by atoms with E-state index in [1.807, 2.05) is 0 Å². The molecule has 2 heteroatoms. The summed E-state index contributed by atoms with van der Waals surface area (Å²) in [5, 5.41) is 2.90. The Kier molecular flexibility index (Phi) is 3.16. The molecule has 0 saturated heterocycles. The molecule has 0 aromatic carbocycles. The lowest BCUT2D eigenvalue weighted by molar-refractivity contribution is -0.116. The van der Waals surface area contributed by atoms with Crippen molar-refractivity contribution in [1.29, 1.82) is 0 Å². The lowest BCUT2D eigenvalue weighted by Crippen LogP contribution is -2.31. The Hall–Kier alpha value is -0.970. The third-order valence-corrected chi connectivity index (χ3v) is 2.27. The molecule has 1 N–H and O–H groups in total. The van der Waals surface area contributed by atoms with Crippen molar-refractivity contribution in [2.45, 2.75) is 39.2 Å². The average molecular weight is 165 g/mol. The van der Waals surface area contributed by atoms with Gasteiger partial charge < -0.3 is 5.32 Å². The highest BCUT2D eigenvalue weighted by molar-refractivity contribution is 5.93. The molecule has 1 aliphatic rings. The van der Waals surface area contributed by atoms with E-state index in [0.29, 0.717) is 6.04 Å². The summed E-state index contributed by atoms with van der Waals surface area (Å²) in [7, 11) is 0. The smallest absolute Gasteiger partial charge is 0.296 e. The van der Waals surface area contributed by atoms with E-state index in [-0.39, 0.29) is 5.91 Å². The summed E-state index contributed by atoms with van der Waals surface area (Å²) in [4.78, 5) is 11.0. The summed E-state index contributed by atoms with van der Waals surface area (Å²) in [6.45, 7) is 3.90. The highest BCUT2D eigenvalue weighted by Crippen LogP contribution is 2.24.